The summed E-state index contributed by atoms with van der Waals surface area (Å²) < 4.78 is 10.4. The third-order valence-electron chi connectivity index (χ3n) is 6.54. The fourth-order valence-corrected chi connectivity index (χ4v) is 4.74. The zero-order valence-electron chi connectivity index (χ0n) is 20.5. The van der Waals surface area contributed by atoms with Crippen LogP contribution in [0.15, 0.2) is 35.5 Å². The van der Waals surface area contributed by atoms with Gasteiger partial charge in [-0.05, 0) is 43.4 Å². The van der Waals surface area contributed by atoms with Crippen molar-refractivity contribution in [3.8, 4) is 0 Å². The number of urea groups is 1. The monoisotopic (exact) mass is 471 g/mol. The highest BCUT2D eigenvalue weighted by Gasteiger charge is 2.36. The van der Waals surface area contributed by atoms with Crippen molar-refractivity contribution >= 4 is 23.6 Å². The molecule has 1 atom stereocenters. The molecule has 0 aromatic heterocycles. The molecule has 3 amide bonds. The van der Waals surface area contributed by atoms with Gasteiger partial charge in [-0.2, -0.15) is 0 Å². The number of nitrogens with zero attached hydrogens (tertiary/aromatic N) is 1. The molecule has 1 aromatic rings. The minimum absolute atomic E-state index is 0.0169. The average molecular weight is 472 g/mol. The van der Waals surface area contributed by atoms with Crippen LogP contribution < -0.4 is 10.6 Å². The average Bonchev–Trinajstić information content (AvgIpc) is 3.34. The number of carbonyl (C=O) groups is 3. The number of nitrogens with one attached hydrogen (secondary N) is 2. The lowest BCUT2D eigenvalue weighted by atomic mass is 9.94. The van der Waals surface area contributed by atoms with Gasteiger partial charge in [0.2, 0.25) is 5.91 Å². The predicted octanol–water partition coefficient (Wildman–Crippen LogP) is 4.54. The van der Waals surface area contributed by atoms with Gasteiger partial charge in [-0.15, -0.1) is 0 Å². The van der Waals surface area contributed by atoms with Crippen LogP contribution in [0.1, 0.15) is 70.4 Å². The SMILES string of the molecule is CCCN1C(=O)NC(c2cccc(NC(=O)CCC3CCCC3)c2)C(C(=O)OCCOC)=C1C. The van der Waals surface area contributed by atoms with Gasteiger partial charge in [-0.3, -0.25) is 9.69 Å². The highest BCUT2D eigenvalue weighted by molar-refractivity contribution is 5.95. The van der Waals surface area contributed by atoms with Crippen LogP contribution in [0.3, 0.4) is 0 Å². The number of hydrogen-bond donors (Lipinski definition) is 2. The van der Waals surface area contributed by atoms with Crippen molar-refractivity contribution in [2.75, 3.05) is 32.2 Å². The van der Waals surface area contributed by atoms with Gasteiger partial charge in [0, 0.05) is 31.5 Å². The Morgan fingerprint density at radius 3 is 2.68 bits per heavy atom. The quantitative estimate of drug-likeness (QED) is 0.365. The van der Waals surface area contributed by atoms with Crippen molar-refractivity contribution in [3.63, 3.8) is 0 Å². The summed E-state index contributed by atoms with van der Waals surface area (Å²) in [7, 11) is 1.54. The van der Waals surface area contributed by atoms with Gasteiger partial charge in [0.25, 0.3) is 0 Å². The second-order valence-corrected chi connectivity index (χ2v) is 9.02. The molecule has 0 spiro atoms. The minimum atomic E-state index is -0.675. The Bertz CT molecular complexity index is 907. The Labute approximate surface area is 202 Å². The van der Waals surface area contributed by atoms with Gasteiger partial charge in [-0.25, -0.2) is 9.59 Å². The molecular formula is C26H37N3O5. The standard InChI is InChI=1S/C26H37N3O5/c1-4-14-29-18(2)23(25(31)34-16-15-33-3)24(28-26(29)32)20-10-7-11-21(17-20)27-22(30)13-12-19-8-5-6-9-19/h7,10-11,17,19,24H,4-6,8-9,12-16H2,1-3H3,(H,27,30)(H,28,32). The summed E-state index contributed by atoms with van der Waals surface area (Å²) >= 11 is 0. The van der Waals surface area contributed by atoms with Gasteiger partial charge >= 0.3 is 12.0 Å². The molecule has 1 unspecified atom stereocenters. The number of rotatable bonds is 11. The summed E-state index contributed by atoms with van der Waals surface area (Å²) in [5.41, 5.74) is 2.30. The van der Waals surface area contributed by atoms with Gasteiger partial charge in [0.05, 0.1) is 18.2 Å². The smallest absolute Gasteiger partial charge is 0.338 e. The fraction of sp³-hybridized carbons (Fsp3) is 0.577. The zero-order valence-corrected chi connectivity index (χ0v) is 20.5. The lowest BCUT2D eigenvalue weighted by Gasteiger charge is -2.35. The highest BCUT2D eigenvalue weighted by atomic mass is 16.6. The second kappa shape index (κ2) is 12.6. The van der Waals surface area contributed by atoms with E-state index in [2.05, 4.69) is 10.6 Å². The van der Waals surface area contributed by atoms with Gasteiger partial charge in [0.15, 0.2) is 0 Å². The summed E-state index contributed by atoms with van der Waals surface area (Å²) in [5, 5.41) is 5.92. The summed E-state index contributed by atoms with van der Waals surface area (Å²) in [5.74, 6) is 0.142. The molecule has 1 aromatic carbocycles. The Hall–Kier alpha value is -2.87. The van der Waals surface area contributed by atoms with Crippen LogP contribution >= 0.6 is 0 Å². The highest BCUT2D eigenvalue weighted by Crippen LogP contribution is 2.33. The molecule has 1 aliphatic heterocycles. The number of methoxy groups -OCH3 is 1. The summed E-state index contributed by atoms with van der Waals surface area (Å²) in [6.07, 6.45) is 7.13. The molecule has 2 N–H and O–H groups in total. The van der Waals surface area contributed by atoms with E-state index in [-0.39, 0.29) is 25.2 Å². The molecular weight excluding hydrogens is 434 g/mol. The predicted molar refractivity (Wildman–Crippen MR) is 130 cm³/mol. The number of benzene rings is 1. The van der Waals surface area contributed by atoms with E-state index < -0.39 is 12.0 Å². The largest absolute Gasteiger partial charge is 0.460 e. The van der Waals surface area contributed by atoms with E-state index in [0.29, 0.717) is 41.4 Å². The first-order valence-electron chi connectivity index (χ1n) is 12.3. The molecule has 8 heteroatoms. The molecule has 0 saturated heterocycles. The first-order chi connectivity index (χ1) is 16.4. The van der Waals surface area contributed by atoms with Gasteiger partial charge < -0.3 is 20.1 Å². The number of hydrogen-bond acceptors (Lipinski definition) is 5. The Kier molecular flexibility index (Phi) is 9.51. The molecule has 1 heterocycles. The number of anilines is 1. The van der Waals surface area contributed by atoms with Crippen LogP contribution in [-0.4, -0.2) is 49.7 Å². The summed E-state index contributed by atoms with van der Waals surface area (Å²) in [4.78, 5) is 39.9. The topological polar surface area (TPSA) is 97.0 Å². The Balaban J connectivity index is 1.78. The summed E-state index contributed by atoms with van der Waals surface area (Å²) in [6.45, 7) is 4.65. The van der Waals surface area contributed by atoms with E-state index in [9.17, 15) is 14.4 Å². The number of esters is 1. The van der Waals surface area contributed by atoms with Crippen molar-refractivity contribution in [1.29, 1.82) is 0 Å². The van der Waals surface area contributed by atoms with Crippen molar-refractivity contribution in [2.24, 2.45) is 5.92 Å². The normalized spacial score (nSPS) is 18.7. The lowest BCUT2D eigenvalue weighted by Crippen LogP contribution is -2.48. The summed E-state index contributed by atoms with van der Waals surface area (Å²) in [6, 6.07) is 6.34. The van der Waals surface area contributed by atoms with Crippen LogP contribution in [0.4, 0.5) is 10.5 Å². The van der Waals surface area contributed by atoms with Crippen LogP contribution in [0.2, 0.25) is 0 Å². The molecule has 2 aliphatic rings. The van der Waals surface area contributed by atoms with E-state index in [1.54, 1.807) is 18.9 Å². The number of ether oxygens (including phenoxy) is 2. The molecule has 0 bridgehead atoms. The van der Waals surface area contributed by atoms with E-state index in [1.807, 2.05) is 31.2 Å². The lowest BCUT2D eigenvalue weighted by molar-refractivity contribution is -0.141. The number of allylic oxidation sites excluding steroid dienone is 1. The fourth-order valence-electron chi connectivity index (χ4n) is 4.74. The third-order valence-corrected chi connectivity index (χ3v) is 6.54. The van der Waals surface area contributed by atoms with Crippen molar-refractivity contribution in [3.05, 3.63) is 41.1 Å². The first kappa shape index (κ1) is 25.7. The second-order valence-electron chi connectivity index (χ2n) is 9.02. The van der Waals surface area contributed by atoms with E-state index in [1.165, 1.54) is 25.7 Å². The van der Waals surface area contributed by atoms with Crippen molar-refractivity contribution in [1.82, 2.24) is 10.2 Å². The van der Waals surface area contributed by atoms with Crippen LogP contribution in [0, 0.1) is 5.92 Å². The van der Waals surface area contributed by atoms with Crippen LogP contribution in [0.25, 0.3) is 0 Å². The molecule has 34 heavy (non-hydrogen) atoms. The molecule has 3 rings (SSSR count). The number of carbonyl (C=O) groups excluding carboxylic acids is 3. The third kappa shape index (κ3) is 6.59. The molecule has 1 fully saturated rings. The van der Waals surface area contributed by atoms with Crippen LogP contribution in [0.5, 0.6) is 0 Å². The maximum Gasteiger partial charge on any atom is 0.338 e. The van der Waals surface area contributed by atoms with Crippen molar-refractivity contribution < 1.29 is 23.9 Å². The van der Waals surface area contributed by atoms with E-state index in [4.69, 9.17) is 9.47 Å². The minimum Gasteiger partial charge on any atom is -0.460 e. The van der Waals surface area contributed by atoms with Crippen molar-refractivity contribution in [2.45, 2.75) is 64.8 Å². The van der Waals surface area contributed by atoms with E-state index >= 15 is 0 Å². The molecule has 8 nitrogen and oxygen atoms in total. The maximum absolute atomic E-state index is 13.0. The van der Waals surface area contributed by atoms with E-state index in [0.717, 1.165) is 12.8 Å². The maximum atomic E-state index is 13.0. The molecule has 1 saturated carbocycles. The molecule has 186 valence electrons. The van der Waals surface area contributed by atoms with Gasteiger partial charge in [0.1, 0.15) is 6.61 Å². The molecule has 1 aliphatic carbocycles. The Morgan fingerprint density at radius 2 is 1.97 bits per heavy atom. The van der Waals surface area contributed by atoms with Crippen LogP contribution in [-0.2, 0) is 19.1 Å². The Morgan fingerprint density at radius 1 is 1.21 bits per heavy atom. The molecule has 0 radical (unpaired) electrons. The zero-order chi connectivity index (χ0) is 24.5. The first-order valence-corrected chi connectivity index (χ1v) is 12.3. The number of amides is 3. The van der Waals surface area contributed by atoms with Gasteiger partial charge in [-0.1, -0.05) is 44.7 Å².